The molecule has 3 heteroatoms. The van der Waals surface area contributed by atoms with E-state index in [1.165, 1.54) is 25.3 Å². The summed E-state index contributed by atoms with van der Waals surface area (Å²) in [6.07, 6.45) is 6.32. The molecule has 106 valence electrons. The highest BCUT2D eigenvalue weighted by molar-refractivity contribution is 5.36. The summed E-state index contributed by atoms with van der Waals surface area (Å²) < 4.78 is 19.5. The first kappa shape index (κ1) is 14.3. The lowest BCUT2D eigenvalue weighted by molar-refractivity contribution is 0.152. The summed E-state index contributed by atoms with van der Waals surface area (Å²) in [6.45, 7) is 4.96. The average molecular weight is 265 g/mol. The molecule has 0 radical (unpaired) electrons. The molecule has 0 aliphatic heterocycles. The van der Waals surface area contributed by atoms with Crippen molar-refractivity contribution in [3.05, 3.63) is 29.6 Å². The molecule has 2 nitrogen and oxygen atoms in total. The molecule has 0 aromatic heterocycles. The number of hydrogen-bond acceptors (Lipinski definition) is 2. The van der Waals surface area contributed by atoms with E-state index >= 15 is 0 Å². The first-order chi connectivity index (χ1) is 9.20. The highest BCUT2D eigenvalue weighted by Gasteiger charge is 2.18. The Labute approximate surface area is 115 Å². The van der Waals surface area contributed by atoms with E-state index in [0.29, 0.717) is 6.10 Å². The van der Waals surface area contributed by atoms with Gasteiger partial charge in [-0.05, 0) is 57.4 Å². The summed E-state index contributed by atoms with van der Waals surface area (Å²) in [6, 6.07) is 4.96. The molecule has 1 N–H and O–H groups in total. The first-order valence-electron chi connectivity index (χ1n) is 7.40. The zero-order chi connectivity index (χ0) is 13.7. The fourth-order valence-corrected chi connectivity index (χ4v) is 2.74. The Morgan fingerprint density at radius 3 is 2.74 bits per heavy atom. The van der Waals surface area contributed by atoms with Crippen molar-refractivity contribution in [2.75, 3.05) is 6.54 Å². The number of hydrogen-bond donors (Lipinski definition) is 1. The van der Waals surface area contributed by atoms with Crippen molar-refractivity contribution in [2.24, 2.45) is 0 Å². The second-order valence-electron chi connectivity index (χ2n) is 5.34. The van der Waals surface area contributed by atoms with E-state index in [1.807, 2.05) is 6.92 Å². The predicted molar refractivity (Wildman–Crippen MR) is 76.0 cm³/mol. The van der Waals surface area contributed by atoms with Crippen LogP contribution in [-0.2, 0) is 0 Å². The van der Waals surface area contributed by atoms with Crippen molar-refractivity contribution in [1.29, 1.82) is 0 Å². The van der Waals surface area contributed by atoms with Gasteiger partial charge in [-0.25, -0.2) is 4.39 Å². The van der Waals surface area contributed by atoms with Crippen LogP contribution in [0, 0.1) is 5.82 Å². The maximum Gasteiger partial charge on any atom is 0.124 e. The van der Waals surface area contributed by atoms with Crippen LogP contribution in [0.25, 0.3) is 0 Å². The van der Waals surface area contributed by atoms with Gasteiger partial charge in [0.2, 0.25) is 0 Å². The highest BCUT2D eigenvalue weighted by atomic mass is 19.1. The van der Waals surface area contributed by atoms with E-state index in [2.05, 4.69) is 12.2 Å². The van der Waals surface area contributed by atoms with Gasteiger partial charge in [0.1, 0.15) is 11.6 Å². The molecule has 1 aliphatic carbocycles. The van der Waals surface area contributed by atoms with E-state index in [-0.39, 0.29) is 11.9 Å². The fourth-order valence-electron chi connectivity index (χ4n) is 2.74. The minimum Gasteiger partial charge on any atom is -0.490 e. The summed E-state index contributed by atoms with van der Waals surface area (Å²) in [5, 5.41) is 3.32. The monoisotopic (exact) mass is 265 g/mol. The lowest BCUT2D eigenvalue weighted by Crippen LogP contribution is -2.23. The van der Waals surface area contributed by atoms with Gasteiger partial charge in [-0.1, -0.05) is 13.3 Å². The summed E-state index contributed by atoms with van der Waals surface area (Å²) >= 11 is 0. The van der Waals surface area contributed by atoms with Crippen LogP contribution in [0.3, 0.4) is 0 Å². The lowest BCUT2D eigenvalue weighted by atomic mass is 9.97. The van der Waals surface area contributed by atoms with Crippen LogP contribution in [-0.4, -0.2) is 12.6 Å². The van der Waals surface area contributed by atoms with E-state index < -0.39 is 0 Å². The van der Waals surface area contributed by atoms with Crippen LogP contribution in [0.4, 0.5) is 4.39 Å². The molecule has 0 amide bonds. The zero-order valence-electron chi connectivity index (χ0n) is 11.9. The van der Waals surface area contributed by atoms with E-state index in [0.717, 1.165) is 30.7 Å². The maximum atomic E-state index is 13.4. The molecule has 1 fully saturated rings. The third kappa shape index (κ3) is 3.93. The predicted octanol–water partition coefficient (Wildman–Crippen LogP) is 4.21. The summed E-state index contributed by atoms with van der Waals surface area (Å²) in [5.41, 5.74) is 0.924. The van der Waals surface area contributed by atoms with Gasteiger partial charge < -0.3 is 10.1 Å². The third-order valence-corrected chi connectivity index (χ3v) is 3.79. The molecule has 1 aromatic rings. The Hall–Kier alpha value is -1.09. The second kappa shape index (κ2) is 6.90. The van der Waals surface area contributed by atoms with Gasteiger partial charge in [0.15, 0.2) is 0 Å². The molecule has 0 saturated heterocycles. The molecular formula is C16H24FNO. The maximum absolute atomic E-state index is 13.4. The largest absolute Gasteiger partial charge is 0.490 e. The van der Waals surface area contributed by atoms with Crippen LogP contribution < -0.4 is 10.1 Å². The Morgan fingerprint density at radius 1 is 1.32 bits per heavy atom. The van der Waals surface area contributed by atoms with Gasteiger partial charge in [-0.15, -0.1) is 0 Å². The molecule has 19 heavy (non-hydrogen) atoms. The van der Waals surface area contributed by atoms with Crippen molar-refractivity contribution in [3.63, 3.8) is 0 Å². The number of benzene rings is 1. The van der Waals surface area contributed by atoms with Crippen molar-refractivity contribution >= 4 is 0 Å². The molecule has 1 atom stereocenters. The smallest absolute Gasteiger partial charge is 0.124 e. The average Bonchev–Trinajstić information content (AvgIpc) is 2.42. The number of rotatable bonds is 5. The third-order valence-electron chi connectivity index (χ3n) is 3.79. The zero-order valence-corrected chi connectivity index (χ0v) is 11.9. The molecule has 0 bridgehead atoms. The van der Waals surface area contributed by atoms with Gasteiger partial charge >= 0.3 is 0 Å². The van der Waals surface area contributed by atoms with Gasteiger partial charge in [-0.3, -0.25) is 0 Å². The molecule has 1 unspecified atom stereocenters. The van der Waals surface area contributed by atoms with Gasteiger partial charge in [-0.2, -0.15) is 0 Å². The van der Waals surface area contributed by atoms with Crippen molar-refractivity contribution < 1.29 is 9.13 Å². The van der Waals surface area contributed by atoms with Crippen molar-refractivity contribution in [1.82, 2.24) is 5.32 Å². The minimum absolute atomic E-state index is 0.110. The van der Waals surface area contributed by atoms with Crippen LogP contribution in [0.15, 0.2) is 18.2 Å². The lowest BCUT2D eigenvalue weighted by Gasteiger charge is -2.26. The normalized spacial score (nSPS) is 18.3. The number of ether oxygens (including phenoxy) is 1. The molecule has 0 spiro atoms. The topological polar surface area (TPSA) is 21.3 Å². The van der Waals surface area contributed by atoms with E-state index in [9.17, 15) is 4.39 Å². The molecule has 2 rings (SSSR count). The number of halogens is 1. The SMILES string of the molecule is CCNC(C)c1cc(F)ccc1OC1CCCCC1. The summed E-state index contributed by atoms with van der Waals surface area (Å²) in [5.74, 6) is 0.637. The van der Waals surface area contributed by atoms with Gasteiger partial charge in [0.05, 0.1) is 6.10 Å². The Balaban J connectivity index is 2.13. The van der Waals surface area contributed by atoms with E-state index in [1.54, 1.807) is 12.1 Å². The Bertz CT molecular complexity index is 402. The second-order valence-corrected chi connectivity index (χ2v) is 5.34. The summed E-state index contributed by atoms with van der Waals surface area (Å²) in [7, 11) is 0. The standard InChI is InChI=1S/C16H24FNO/c1-3-18-12(2)15-11-13(17)9-10-16(15)19-14-7-5-4-6-8-14/h9-12,14,18H,3-8H2,1-2H3. The minimum atomic E-state index is -0.198. The quantitative estimate of drug-likeness (QED) is 0.861. The molecule has 1 aliphatic rings. The highest BCUT2D eigenvalue weighted by Crippen LogP contribution is 2.30. The fraction of sp³-hybridized carbons (Fsp3) is 0.625. The molecule has 1 saturated carbocycles. The van der Waals surface area contributed by atoms with Crippen LogP contribution >= 0.6 is 0 Å². The van der Waals surface area contributed by atoms with Crippen molar-refractivity contribution in [2.45, 2.75) is 58.1 Å². The van der Waals surface area contributed by atoms with Gasteiger partial charge in [0.25, 0.3) is 0 Å². The van der Waals surface area contributed by atoms with Crippen LogP contribution in [0.1, 0.15) is 57.6 Å². The van der Waals surface area contributed by atoms with E-state index in [4.69, 9.17) is 4.74 Å². The van der Waals surface area contributed by atoms with Crippen LogP contribution in [0.2, 0.25) is 0 Å². The summed E-state index contributed by atoms with van der Waals surface area (Å²) in [4.78, 5) is 0. The van der Waals surface area contributed by atoms with Gasteiger partial charge in [0, 0.05) is 11.6 Å². The molecular weight excluding hydrogens is 241 g/mol. The van der Waals surface area contributed by atoms with Crippen LogP contribution in [0.5, 0.6) is 5.75 Å². The Morgan fingerprint density at radius 2 is 2.05 bits per heavy atom. The first-order valence-corrected chi connectivity index (χ1v) is 7.40. The number of nitrogens with one attached hydrogen (secondary N) is 1. The van der Waals surface area contributed by atoms with Crippen molar-refractivity contribution in [3.8, 4) is 5.75 Å². The Kier molecular flexibility index (Phi) is 5.20. The molecule has 1 aromatic carbocycles. The molecule has 0 heterocycles.